The lowest BCUT2D eigenvalue weighted by molar-refractivity contribution is 0.374. The third kappa shape index (κ3) is 3.70. The summed E-state index contributed by atoms with van der Waals surface area (Å²) in [5.41, 5.74) is 3.94. The van der Waals surface area contributed by atoms with Crippen LogP contribution in [0.3, 0.4) is 0 Å². The fourth-order valence-electron chi connectivity index (χ4n) is 1.23. The molecule has 2 aromatic carbocycles. The summed E-state index contributed by atoms with van der Waals surface area (Å²) in [6.45, 7) is 0. The molecule has 3 heteroatoms. The minimum absolute atomic E-state index is 0.159. The van der Waals surface area contributed by atoms with Gasteiger partial charge >= 0.3 is 0 Å². The average molecular weight is 231 g/mol. The van der Waals surface area contributed by atoms with Gasteiger partial charge in [0.05, 0.1) is 0 Å². The van der Waals surface area contributed by atoms with E-state index in [0.717, 1.165) is 4.90 Å². The van der Waals surface area contributed by atoms with Crippen molar-refractivity contribution in [2.24, 2.45) is 0 Å². The van der Waals surface area contributed by atoms with E-state index in [-0.39, 0.29) is 6.23 Å². The van der Waals surface area contributed by atoms with Gasteiger partial charge in [-0.1, -0.05) is 48.5 Å². The molecule has 0 aromatic heterocycles. The molecule has 1 atom stereocenters. The number of rotatable bonds is 1. The van der Waals surface area contributed by atoms with Crippen LogP contribution in [0, 0.1) is 0 Å². The van der Waals surface area contributed by atoms with Crippen LogP contribution in [0.2, 0.25) is 0 Å². The van der Waals surface area contributed by atoms with Crippen LogP contribution < -0.4 is 5.48 Å². The van der Waals surface area contributed by atoms with Crippen LogP contribution in [0.25, 0.3) is 0 Å². The lowest BCUT2D eigenvalue weighted by Crippen LogP contribution is -1.80. The first-order chi connectivity index (χ1) is 7.86. The van der Waals surface area contributed by atoms with Gasteiger partial charge in [-0.2, -0.15) is 5.48 Å². The van der Waals surface area contributed by atoms with E-state index in [2.05, 4.69) is 18.1 Å². The Bertz CT molecular complexity index is 414. The lowest BCUT2D eigenvalue weighted by atomic mass is 10.2. The van der Waals surface area contributed by atoms with E-state index in [1.807, 2.05) is 60.7 Å². The third-order valence-corrected chi connectivity index (χ3v) is 2.39. The zero-order valence-electron chi connectivity index (χ0n) is 8.71. The van der Waals surface area contributed by atoms with Crippen molar-refractivity contribution in [3.05, 3.63) is 66.2 Å². The van der Waals surface area contributed by atoms with Gasteiger partial charge in [0, 0.05) is 4.90 Å². The highest BCUT2D eigenvalue weighted by Crippen LogP contribution is 2.21. The Morgan fingerprint density at radius 2 is 1.38 bits per heavy atom. The molecular weight excluding hydrogens is 218 g/mol. The van der Waals surface area contributed by atoms with Crippen LogP contribution >= 0.6 is 12.6 Å². The van der Waals surface area contributed by atoms with Gasteiger partial charge in [0.1, 0.15) is 0 Å². The zero-order valence-corrected chi connectivity index (χ0v) is 9.60. The van der Waals surface area contributed by atoms with Gasteiger partial charge in [0.2, 0.25) is 0 Å². The Morgan fingerprint density at radius 1 is 0.875 bits per heavy atom. The molecule has 16 heavy (non-hydrogen) atoms. The molecule has 0 bridgehead atoms. The molecule has 0 aliphatic carbocycles. The molecule has 0 spiro atoms. The summed E-state index contributed by atoms with van der Waals surface area (Å²) in [5, 5.41) is 0. The smallest absolute Gasteiger partial charge is 0.176 e. The molecule has 0 radical (unpaired) electrons. The summed E-state index contributed by atoms with van der Waals surface area (Å²) < 4.78 is 0. The second-order valence-corrected chi connectivity index (χ2v) is 3.88. The number of hydrogen-bond acceptors (Lipinski definition) is 3. The molecule has 0 amide bonds. The number of benzene rings is 2. The maximum Gasteiger partial charge on any atom is 0.176 e. The standard InChI is InChI=1S/C7H7NO.C6H6S/c1-2-4-6(5-3-1)7-8-9-7;7-6-4-2-1-3-5-6/h1-5,7-8H;1-5,7H/t7-;/m0./s1. The quantitative estimate of drug-likeness (QED) is 0.584. The summed E-state index contributed by atoms with van der Waals surface area (Å²) in [7, 11) is 0. The van der Waals surface area contributed by atoms with Gasteiger partial charge in [-0.05, 0) is 17.7 Å². The van der Waals surface area contributed by atoms with E-state index in [0.29, 0.717) is 0 Å². The molecule has 82 valence electrons. The predicted molar refractivity (Wildman–Crippen MR) is 67.1 cm³/mol. The molecule has 1 fully saturated rings. The van der Waals surface area contributed by atoms with E-state index >= 15 is 0 Å². The van der Waals surface area contributed by atoms with Crippen molar-refractivity contribution < 1.29 is 4.84 Å². The van der Waals surface area contributed by atoms with Crippen molar-refractivity contribution in [1.29, 1.82) is 0 Å². The first-order valence-corrected chi connectivity index (χ1v) is 5.51. The van der Waals surface area contributed by atoms with Crippen molar-refractivity contribution in [2.45, 2.75) is 11.1 Å². The van der Waals surface area contributed by atoms with E-state index in [4.69, 9.17) is 4.84 Å². The molecule has 1 saturated heterocycles. The minimum atomic E-state index is 0.159. The van der Waals surface area contributed by atoms with Crippen LogP contribution in [-0.4, -0.2) is 0 Å². The first kappa shape index (κ1) is 11.2. The molecule has 1 heterocycles. The first-order valence-electron chi connectivity index (χ1n) is 5.06. The second-order valence-electron chi connectivity index (χ2n) is 3.36. The molecule has 1 aliphatic rings. The summed E-state index contributed by atoms with van der Waals surface area (Å²) in [6.07, 6.45) is 0.159. The van der Waals surface area contributed by atoms with Gasteiger partial charge in [0.25, 0.3) is 0 Å². The van der Waals surface area contributed by atoms with Gasteiger partial charge in [-0.25, -0.2) is 0 Å². The van der Waals surface area contributed by atoms with Gasteiger partial charge in [-0.15, -0.1) is 12.6 Å². The van der Waals surface area contributed by atoms with Crippen LogP contribution in [0.15, 0.2) is 65.6 Å². The van der Waals surface area contributed by atoms with E-state index in [9.17, 15) is 0 Å². The summed E-state index contributed by atoms with van der Waals surface area (Å²) in [4.78, 5) is 5.86. The van der Waals surface area contributed by atoms with E-state index < -0.39 is 0 Å². The zero-order chi connectivity index (χ0) is 11.2. The highest BCUT2D eigenvalue weighted by Gasteiger charge is 2.23. The molecule has 1 aliphatic heterocycles. The maximum absolute atomic E-state index is 4.84. The average Bonchev–Trinajstić information content (AvgIpc) is 3.16. The molecule has 0 unspecified atom stereocenters. The Kier molecular flexibility index (Phi) is 3.99. The van der Waals surface area contributed by atoms with Crippen LogP contribution in [0.4, 0.5) is 0 Å². The molecule has 1 N–H and O–H groups in total. The number of hydrogen-bond donors (Lipinski definition) is 2. The number of hydroxylamine groups is 1. The number of nitrogens with one attached hydrogen (secondary N) is 1. The Hall–Kier alpha value is -1.29. The Morgan fingerprint density at radius 3 is 1.75 bits per heavy atom. The Labute approximate surface area is 101 Å². The van der Waals surface area contributed by atoms with Crippen molar-refractivity contribution in [3.8, 4) is 0 Å². The van der Waals surface area contributed by atoms with Crippen molar-refractivity contribution in [1.82, 2.24) is 5.48 Å². The topological polar surface area (TPSA) is 34.5 Å². The molecular formula is C13H13NOS. The van der Waals surface area contributed by atoms with Gasteiger partial charge in [0.15, 0.2) is 6.23 Å². The molecule has 2 nitrogen and oxygen atoms in total. The van der Waals surface area contributed by atoms with E-state index in [1.54, 1.807) is 0 Å². The van der Waals surface area contributed by atoms with E-state index in [1.165, 1.54) is 5.56 Å². The second kappa shape index (κ2) is 5.70. The third-order valence-electron chi connectivity index (χ3n) is 2.09. The number of thiol groups is 1. The van der Waals surface area contributed by atoms with Gasteiger partial charge in [-0.3, -0.25) is 4.84 Å². The highest BCUT2D eigenvalue weighted by atomic mass is 32.1. The van der Waals surface area contributed by atoms with Crippen molar-refractivity contribution in [2.75, 3.05) is 0 Å². The maximum atomic E-state index is 4.84. The largest absolute Gasteiger partial charge is 0.273 e. The normalized spacial score (nSPS) is 17.2. The summed E-state index contributed by atoms with van der Waals surface area (Å²) in [6, 6.07) is 19.8. The fourth-order valence-corrected chi connectivity index (χ4v) is 1.40. The van der Waals surface area contributed by atoms with Crippen molar-refractivity contribution in [3.63, 3.8) is 0 Å². The van der Waals surface area contributed by atoms with Crippen molar-refractivity contribution >= 4 is 12.6 Å². The highest BCUT2D eigenvalue weighted by molar-refractivity contribution is 7.80. The summed E-state index contributed by atoms with van der Waals surface area (Å²) >= 11 is 4.08. The SMILES string of the molecule is Sc1ccccc1.c1ccc([C@H]2NO2)cc1. The minimum Gasteiger partial charge on any atom is -0.273 e. The van der Waals surface area contributed by atoms with Crippen LogP contribution in [0.1, 0.15) is 11.8 Å². The van der Waals surface area contributed by atoms with Gasteiger partial charge < -0.3 is 0 Å². The Balaban J connectivity index is 0.000000125. The van der Waals surface area contributed by atoms with Crippen LogP contribution in [0.5, 0.6) is 0 Å². The van der Waals surface area contributed by atoms with Crippen LogP contribution in [-0.2, 0) is 4.84 Å². The predicted octanol–water partition coefficient (Wildman–Crippen LogP) is 3.20. The fraction of sp³-hybridized carbons (Fsp3) is 0.0769. The molecule has 2 aromatic rings. The monoisotopic (exact) mass is 231 g/mol. The molecule has 3 rings (SSSR count). The lowest BCUT2D eigenvalue weighted by Gasteiger charge is -1.88. The molecule has 0 saturated carbocycles. The summed E-state index contributed by atoms with van der Waals surface area (Å²) in [5.74, 6) is 0.